The zero-order valence-corrected chi connectivity index (χ0v) is 32.5. The van der Waals surface area contributed by atoms with Gasteiger partial charge in [0.15, 0.2) is 0 Å². The molecule has 60 heavy (non-hydrogen) atoms. The van der Waals surface area contributed by atoms with Gasteiger partial charge in [-0.1, -0.05) is 87.6 Å². The molecular weight excluding hydrogens is 749 g/mol. The maximum absolute atomic E-state index is 12.8. The van der Waals surface area contributed by atoms with Crippen molar-refractivity contribution < 1.29 is 9.47 Å². The van der Waals surface area contributed by atoms with Gasteiger partial charge in [0.2, 0.25) is 0 Å². The SMILES string of the molecule is C.C.CCn1c2c(c3ccc(-n4ccc(OCc5ccccc5)cc4=O)cc31)CNCC2.O=c1cc(OCc2ccccc2)ccn1-c1ccc2c3c([nH]c2c1)CCNC3. The van der Waals surface area contributed by atoms with Gasteiger partial charge in [-0.2, -0.15) is 0 Å². The smallest absolute Gasteiger partial charge is 0.258 e. The van der Waals surface area contributed by atoms with E-state index < -0.39 is 0 Å². The molecule has 10 rings (SSSR count). The van der Waals surface area contributed by atoms with Crippen LogP contribution in [0.4, 0.5) is 0 Å². The second-order valence-corrected chi connectivity index (χ2v) is 14.7. The fourth-order valence-corrected chi connectivity index (χ4v) is 8.18. The van der Waals surface area contributed by atoms with E-state index in [4.69, 9.17) is 9.47 Å². The van der Waals surface area contributed by atoms with Crippen molar-refractivity contribution in [3.05, 3.63) is 188 Å². The number of nitrogens with one attached hydrogen (secondary N) is 3. The van der Waals surface area contributed by atoms with Crippen molar-refractivity contribution in [3.63, 3.8) is 0 Å². The minimum absolute atomic E-state index is 0. The molecule has 0 bridgehead atoms. The van der Waals surface area contributed by atoms with Crippen LogP contribution in [0.25, 0.3) is 33.2 Å². The number of nitrogens with zero attached hydrogens (tertiary/aromatic N) is 3. The largest absolute Gasteiger partial charge is 0.489 e. The van der Waals surface area contributed by atoms with Crippen molar-refractivity contribution in [2.45, 2.75) is 67.5 Å². The number of fused-ring (bicyclic) bond motifs is 6. The van der Waals surface area contributed by atoms with E-state index in [1.165, 1.54) is 44.9 Å². The molecule has 0 spiro atoms. The third-order valence-electron chi connectivity index (χ3n) is 11.1. The zero-order valence-electron chi connectivity index (χ0n) is 32.5. The minimum atomic E-state index is -0.108. The quantitative estimate of drug-likeness (QED) is 0.135. The number of aryl methyl sites for hydroxylation is 1. The molecule has 0 unspecified atom stereocenters. The van der Waals surface area contributed by atoms with Crippen molar-refractivity contribution in [3.8, 4) is 22.9 Å². The predicted octanol–water partition coefficient (Wildman–Crippen LogP) is 8.85. The van der Waals surface area contributed by atoms with Gasteiger partial charge in [0.1, 0.15) is 24.7 Å². The summed E-state index contributed by atoms with van der Waals surface area (Å²) in [5.41, 5.74) is 11.4. The Bertz CT molecular complexity index is 2840. The van der Waals surface area contributed by atoms with Crippen LogP contribution in [-0.2, 0) is 45.7 Å². The Hall–Kier alpha value is -6.62. The Balaban J connectivity index is 0.000000176. The van der Waals surface area contributed by atoms with E-state index in [0.717, 1.165) is 73.6 Å². The van der Waals surface area contributed by atoms with Crippen molar-refractivity contribution in [1.29, 1.82) is 0 Å². The van der Waals surface area contributed by atoms with E-state index in [2.05, 4.69) is 45.3 Å². The molecule has 3 N–H and O–H groups in total. The number of benzene rings is 4. The lowest BCUT2D eigenvalue weighted by Crippen LogP contribution is -2.24. The van der Waals surface area contributed by atoms with Gasteiger partial charge in [0.05, 0.1) is 16.9 Å². The van der Waals surface area contributed by atoms with Crippen molar-refractivity contribution in [2.24, 2.45) is 0 Å². The average Bonchev–Trinajstić information content (AvgIpc) is 3.80. The molecule has 0 saturated heterocycles. The molecule has 308 valence electrons. The summed E-state index contributed by atoms with van der Waals surface area (Å²) in [5, 5.41) is 9.39. The van der Waals surface area contributed by atoms with Gasteiger partial charge < -0.3 is 29.7 Å². The molecule has 4 aromatic heterocycles. The van der Waals surface area contributed by atoms with Crippen LogP contribution in [-0.4, -0.2) is 31.8 Å². The first-order valence-corrected chi connectivity index (χ1v) is 20.0. The van der Waals surface area contributed by atoms with E-state index >= 15 is 0 Å². The Morgan fingerprint density at radius 3 is 1.73 bits per heavy atom. The van der Waals surface area contributed by atoms with Crippen LogP contribution >= 0.6 is 0 Å². The van der Waals surface area contributed by atoms with Crippen LogP contribution in [0.1, 0.15) is 55.4 Å². The van der Waals surface area contributed by atoms with Gasteiger partial charge in [0, 0.05) is 97.8 Å². The van der Waals surface area contributed by atoms with Gasteiger partial charge >= 0.3 is 0 Å². The van der Waals surface area contributed by atoms with Gasteiger partial charge in [-0.3, -0.25) is 18.7 Å². The molecule has 0 saturated carbocycles. The van der Waals surface area contributed by atoms with E-state index in [-0.39, 0.29) is 26.0 Å². The fourth-order valence-electron chi connectivity index (χ4n) is 8.18. The normalized spacial score (nSPS) is 12.9. The van der Waals surface area contributed by atoms with Crippen LogP contribution < -0.4 is 31.2 Å². The Labute approximate surface area is 351 Å². The minimum Gasteiger partial charge on any atom is -0.489 e. The van der Waals surface area contributed by atoms with Crippen LogP contribution in [0.5, 0.6) is 11.5 Å². The first kappa shape index (κ1) is 41.5. The lowest BCUT2D eigenvalue weighted by Gasteiger charge is -2.16. The molecule has 4 aromatic carbocycles. The lowest BCUT2D eigenvalue weighted by atomic mass is 10.1. The standard InChI is InChI=1S/C25H25N3O2.C23H21N3O2.2CH4/c1-2-27-23-10-12-26-16-22(23)21-9-8-19(14-24(21)27)28-13-11-20(15-25(28)29)30-17-18-6-4-3-5-7-18;27-23-13-18(28-15-16-4-2-1-3-5-16)9-11-26(23)17-6-7-19-20-14-24-10-8-21(20)25-22(19)12-17;;/h3-9,11,13-15,26H,2,10,12,16-17H2,1H3;1-7,9,11-13,24-25H,8,10,14-15H2;2*1H4. The number of hydrogen-bond donors (Lipinski definition) is 3. The second-order valence-electron chi connectivity index (χ2n) is 14.7. The summed E-state index contributed by atoms with van der Waals surface area (Å²) in [7, 11) is 0. The molecule has 10 nitrogen and oxygen atoms in total. The summed E-state index contributed by atoms with van der Waals surface area (Å²) in [4.78, 5) is 29.0. The molecule has 8 aromatic rings. The van der Waals surface area contributed by atoms with Gasteiger partial charge in [-0.05, 0) is 65.6 Å². The summed E-state index contributed by atoms with van der Waals surface area (Å²) in [6, 6.07) is 39.1. The zero-order chi connectivity index (χ0) is 39.4. The van der Waals surface area contributed by atoms with Crippen LogP contribution in [0.3, 0.4) is 0 Å². The highest BCUT2D eigenvalue weighted by molar-refractivity contribution is 5.88. The number of aromatic nitrogens is 4. The van der Waals surface area contributed by atoms with Gasteiger partial charge in [0.25, 0.3) is 11.1 Å². The van der Waals surface area contributed by atoms with Crippen molar-refractivity contribution in [2.75, 3.05) is 13.1 Å². The maximum atomic E-state index is 12.8. The van der Waals surface area contributed by atoms with E-state index in [1.54, 1.807) is 27.6 Å². The summed E-state index contributed by atoms with van der Waals surface area (Å²) in [5.74, 6) is 1.16. The predicted molar refractivity (Wildman–Crippen MR) is 243 cm³/mol. The Morgan fingerprint density at radius 2 is 1.15 bits per heavy atom. The molecule has 2 aliphatic heterocycles. The van der Waals surface area contributed by atoms with Crippen molar-refractivity contribution in [1.82, 2.24) is 29.3 Å². The first-order chi connectivity index (χ1) is 28.5. The number of aromatic amines is 1. The van der Waals surface area contributed by atoms with E-state index in [0.29, 0.717) is 24.7 Å². The second kappa shape index (κ2) is 18.5. The third-order valence-corrected chi connectivity index (χ3v) is 11.1. The van der Waals surface area contributed by atoms with E-state index in [9.17, 15) is 9.59 Å². The van der Waals surface area contributed by atoms with Crippen molar-refractivity contribution >= 4 is 21.8 Å². The summed E-state index contributed by atoms with van der Waals surface area (Å²) < 4.78 is 17.3. The molecule has 0 amide bonds. The average molecular weight is 803 g/mol. The molecule has 0 atom stereocenters. The molecule has 10 heteroatoms. The fraction of sp³-hybridized carbons (Fsp3) is 0.240. The lowest BCUT2D eigenvalue weighted by molar-refractivity contribution is 0.305. The molecule has 6 heterocycles. The molecule has 0 radical (unpaired) electrons. The van der Waals surface area contributed by atoms with Crippen LogP contribution in [0, 0.1) is 0 Å². The summed E-state index contributed by atoms with van der Waals surface area (Å²) in [6.45, 7) is 7.80. The highest BCUT2D eigenvalue weighted by atomic mass is 16.5. The van der Waals surface area contributed by atoms with Gasteiger partial charge in [-0.25, -0.2) is 0 Å². The van der Waals surface area contributed by atoms with Crippen LogP contribution in [0.15, 0.2) is 143 Å². The molecule has 0 aliphatic carbocycles. The number of rotatable bonds is 9. The highest BCUT2D eigenvalue weighted by Crippen LogP contribution is 2.31. The highest BCUT2D eigenvalue weighted by Gasteiger charge is 2.20. The molecule has 0 fully saturated rings. The molecule has 2 aliphatic rings. The van der Waals surface area contributed by atoms with Gasteiger partial charge in [-0.15, -0.1) is 0 Å². The maximum Gasteiger partial charge on any atom is 0.258 e. The number of hydrogen-bond acceptors (Lipinski definition) is 6. The van der Waals surface area contributed by atoms with Crippen LogP contribution in [0.2, 0.25) is 0 Å². The monoisotopic (exact) mass is 802 g/mol. The number of H-pyrrole nitrogens is 1. The number of ether oxygens (including phenoxy) is 2. The van der Waals surface area contributed by atoms with E-state index in [1.807, 2.05) is 91.0 Å². The molecular formula is C50H54N6O4. The number of pyridine rings is 2. The third kappa shape index (κ3) is 8.57. The Kier molecular flexibility index (Phi) is 12.8. The first-order valence-electron chi connectivity index (χ1n) is 20.0. The summed E-state index contributed by atoms with van der Waals surface area (Å²) >= 11 is 0. The summed E-state index contributed by atoms with van der Waals surface area (Å²) in [6.07, 6.45) is 5.62. The Morgan fingerprint density at radius 1 is 0.600 bits per heavy atom. The topological polar surface area (TPSA) is 107 Å².